The second kappa shape index (κ2) is 15.1. The highest BCUT2D eigenvalue weighted by Crippen LogP contribution is 2.42. The third kappa shape index (κ3) is 7.93. The van der Waals surface area contributed by atoms with Crippen molar-refractivity contribution in [1.29, 1.82) is 0 Å². The molecule has 0 unspecified atom stereocenters. The number of methoxy groups -OCH3 is 1. The van der Waals surface area contributed by atoms with Crippen molar-refractivity contribution in [1.82, 2.24) is 10.2 Å². The zero-order valence-electron chi connectivity index (χ0n) is 25.3. The molecule has 0 radical (unpaired) electrons. The molecule has 0 aromatic heterocycles. The number of piperidine rings is 1. The lowest BCUT2D eigenvalue weighted by Crippen LogP contribution is -2.39. The number of hydrogen-bond acceptors (Lipinski definition) is 4. The van der Waals surface area contributed by atoms with Gasteiger partial charge in [0.2, 0.25) is 0 Å². The number of hydrogen-bond donors (Lipinski definition) is 1. The Morgan fingerprint density at radius 1 is 0.767 bits per heavy atom. The first kappa shape index (κ1) is 31.4. The lowest BCUT2D eigenvalue weighted by Gasteiger charge is -2.37. The van der Waals surface area contributed by atoms with Crippen LogP contribution in [0.4, 0.5) is 0 Å². The minimum atomic E-state index is 0.408. The van der Waals surface area contributed by atoms with Crippen LogP contribution in [-0.2, 0) is 0 Å². The molecule has 226 valence electrons. The molecule has 1 saturated heterocycles. The fourth-order valence-corrected chi connectivity index (χ4v) is 6.87. The Labute approximate surface area is 266 Å². The van der Waals surface area contributed by atoms with Gasteiger partial charge in [0.15, 0.2) is 0 Å². The minimum Gasteiger partial charge on any atom is -0.497 e. The van der Waals surface area contributed by atoms with Crippen LogP contribution >= 0.6 is 23.2 Å². The number of nitrogens with one attached hydrogen (secondary N) is 1. The zero-order valence-corrected chi connectivity index (χ0v) is 26.8. The summed E-state index contributed by atoms with van der Waals surface area (Å²) in [6.45, 7) is 2.98. The number of likely N-dealkylation sites (tertiary alicyclic amines) is 1. The lowest BCUT2D eigenvalue weighted by molar-refractivity contribution is 0.129. The van der Waals surface area contributed by atoms with Crippen LogP contribution in [0, 0.1) is 5.92 Å². The van der Waals surface area contributed by atoms with Gasteiger partial charge in [0, 0.05) is 24.4 Å². The summed E-state index contributed by atoms with van der Waals surface area (Å²) in [5.74, 6) is 3.26. The molecule has 6 heteroatoms. The maximum atomic E-state index is 6.17. The number of rotatable bonds is 7. The number of fused-ring (bicyclic) bond motifs is 1. The zero-order chi connectivity index (χ0) is 30.2. The molecule has 4 nitrogen and oxygen atoms in total. The number of nitrogens with zero attached hydrogens (tertiary/aromatic N) is 1. The molecule has 0 saturated carbocycles. The van der Waals surface area contributed by atoms with E-state index in [1.165, 1.54) is 28.7 Å². The molecule has 0 amide bonds. The maximum absolute atomic E-state index is 6.17. The molecular formula is C37H42Cl2N2O2. The predicted molar refractivity (Wildman–Crippen MR) is 179 cm³/mol. The third-order valence-corrected chi connectivity index (χ3v) is 9.61. The van der Waals surface area contributed by atoms with Gasteiger partial charge in [-0.1, -0.05) is 83.9 Å². The first-order valence-corrected chi connectivity index (χ1v) is 15.9. The Morgan fingerprint density at radius 3 is 2.16 bits per heavy atom. The summed E-state index contributed by atoms with van der Waals surface area (Å²) in [7, 11) is 5.90. The standard InChI is InChI=1S/C20H25NO2.C17H17Cl2N/c1-21-13-12-20(16-6-4-3-5-7-16)17(14-21)15-23-19-10-8-18(22-2)9-11-19;1-20-17-9-7-12(13-4-2-3-5-14(13)17)11-6-8-15(18)16(19)10-11/h3-11,17,20H,12-15H2,1-2H3;2-6,8,10,12,17,20H,7,9H2,1H3/t17-,20-;12-,17-/m10/s1. The van der Waals surface area contributed by atoms with Crippen molar-refractivity contribution in [2.45, 2.75) is 37.1 Å². The van der Waals surface area contributed by atoms with E-state index in [1.54, 1.807) is 7.11 Å². The van der Waals surface area contributed by atoms with Crippen LogP contribution in [0.2, 0.25) is 10.0 Å². The molecule has 6 rings (SSSR count). The van der Waals surface area contributed by atoms with E-state index in [1.807, 2.05) is 43.4 Å². The van der Waals surface area contributed by atoms with Crippen LogP contribution in [0.25, 0.3) is 0 Å². The van der Waals surface area contributed by atoms with Crippen molar-refractivity contribution in [3.63, 3.8) is 0 Å². The Morgan fingerprint density at radius 2 is 1.47 bits per heavy atom. The Bertz CT molecular complexity index is 1450. The SMILES string of the molecule is CN[C@H]1CC[C@@H](c2ccc(Cl)c(Cl)c2)c2ccccc21.COc1ccc(OC[C@H]2CN(C)CC[C@@H]2c2ccccc2)cc1. The van der Waals surface area contributed by atoms with Gasteiger partial charge in [-0.3, -0.25) is 0 Å². The minimum absolute atomic E-state index is 0.408. The van der Waals surface area contributed by atoms with Crippen LogP contribution < -0.4 is 14.8 Å². The molecule has 1 fully saturated rings. The molecule has 4 aromatic carbocycles. The highest BCUT2D eigenvalue weighted by Gasteiger charge is 2.30. The van der Waals surface area contributed by atoms with Crippen LogP contribution in [0.5, 0.6) is 11.5 Å². The fraction of sp³-hybridized carbons (Fsp3) is 0.351. The normalized spacial score (nSPS) is 21.7. The van der Waals surface area contributed by atoms with Crippen molar-refractivity contribution in [3.8, 4) is 11.5 Å². The number of halogens is 2. The Balaban J connectivity index is 0.000000173. The largest absolute Gasteiger partial charge is 0.497 e. The summed E-state index contributed by atoms with van der Waals surface area (Å²) < 4.78 is 11.3. The lowest BCUT2D eigenvalue weighted by atomic mass is 9.77. The van der Waals surface area contributed by atoms with Crippen molar-refractivity contribution >= 4 is 23.2 Å². The van der Waals surface area contributed by atoms with E-state index in [-0.39, 0.29) is 0 Å². The highest BCUT2D eigenvalue weighted by molar-refractivity contribution is 6.42. The van der Waals surface area contributed by atoms with Crippen LogP contribution in [0.1, 0.15) is 59.4 Å². The second-order valence-electron chi connectivity index (χ2n) is 11.6. The van der Waals surface area contributed by atoms with Gasteiger partial charge in [-0.25, -0.2) is 0 Å². The molecule has 0 spiro atoms. The highest BCUT2D eigenvalue weighted by atomic mass is 35.5. The molecule has 4 aromatic rings. The fourth-order valence-electron chi connectivity index (χ4n) is 6.56. The molecule has 1 aliphatic carbocycles. The Kier molecular flexibility index (Phi) is 11.0. The molecule has 43 heavy (non-hydrogen) atoms. The molecule has 1 aliphatic heterocycles. The summed E-state index contributed by atoms with van der Waals surface area (Å²) in [6.07, 6.45) is 3.45. The topological polar surface area (TPSA) is 33.7 Å². The predicted octanol–water partition coefficient (Wildman–Crippen LogP) is 8.99. The summed E-state index contributed by atoms with van der Waals surface area (Å²) in [4.78, 5) is 2.40. The average Bonchev–Trinajstić information content (AvgIpc) is 3.05. The Hall–Kier alpha value is -3.02. The smallest absolute Gasteiger partial charge is 0.119 e. The van der Waals surface area contributed by atoms with E-state index in [0.717, 1.165) is 44.0 Å². The van der Waals surface area contributed by atoms with Gasteiger partial charge in [-0.15, -0.1) is 0 Å². The van der Waals surface area contributed by atoms with Gasteiger partial charge >= 0.3 is 0 Å². The van der Waals surface area contributed by atoms with Gasteiger partial charge in [0.25, 0.3) is 0 Å². The van der Waals surface area contributed by atoms with E-state index >= 15 is 0 Å². The van der Waals surface area contributed by atoms with Crippen LogP contribution in [0.15, 0.2) is 97.1 Å². The van der Waals surface area contributed by atoms with Crippen LogP contribution in [-0.4, -0.2) is 45.8 Å². The van der Waals surface area contributed by atoms with Crippen molar-refractivity contribution in [2.75, 3.05) is 40.9 Å². The van der Waals surface area contributed by atoms with E-state index in [0.29, 0.717) is 33.8 Å². The average molecular weight is 618 g/mol. The van der Waals surface area contributed by atoms with Gasteiger partial charge < -0.3 is 19.7 Å². The summed E-state index contributed by atoms with van der Waals surface area (Å²) >= 11 is 12.2. The van der Waals surface area contributed by atoms with Crippen LogP contribution in [0.3, 0.4) is 0 Å². The van der Waals surface area contributed by atoms with Gasteiger partial charge in [0.05, 0.1) is 23.8 Å². The van der Waals surface area contributed by atoms with Gasteiger partial charge in [-0.05, 0) is 104 Å². The third-order valence-electron chi connectivity index (χ3n) is 8.87. The molecule has 2 aliphatic rings. The molecule has 1 heterocycles. The van der Waals surface area contributed by atoms with Crippen molar-refractivity contribution in [3.05, 3.63) is 129 Å². The van der Waals surface area contributed by atoms with Crippen molar-refractivity contribution < 1.29 is 9.47 Å². The summed E-state index contributed by atoms with van der Waals surface area (Å²) in [5.41, 5.74) is 5.49. The van der Waals surface area contributed by atoms with E-state index in [9.17, 15) is 0 Å². The maximum Gasteiger partial charge on any atom is 0.119 e. The second-order valence-corrected chi connectivity index (χ2v) is 12.4. The van der Waals surface area contributed by atoms with E-state index in [2.05, 4.69) is 77.9 Å². The van der Waals surface area contributed by atoms with E-state index < -0.39 is 0 Å². The summed E-state index contributed by atoms with van der Waals surface area (Å²) in [6, 6.07) is 33.8. The number of ether oxygens (including phenoxy) is 2. The molecular weight excluding hydrogens is 575 g/mol. The molecule has 1 N–H and O–H groups in total. The monoisotopic (exact) mass is 616 g/mol. The quantitative estimate of drug-likeness (QED) is 0.225. The number of benzene rings is 4. The molecule has 0 bridgehead atoms. The van der Waals surface area contributed by atoms with Gasteiger partial charge in [-0.2, -0.15) is 0 Å². The first-order valence-electron chi connectivity index (χ1n) is 15.2. The first-order chi connectivity index (χ1) is 21.0. The molecule has 4 atom stereocenters. The van der Waals surface area contributed by atoms with Gasteiger partial charge in [0.1, 0.15) is 11.5 Å². The van der Waals surface area contributed by atoms with E-state index in [4.69, 9.17) is 32.7 Å². The summed E-state index contributed by atoms with van der Waals surface area (Å²) in [5, 5.41) is 4.66. The van der Waals surface area contributed by atoms with Crippen molar-refractivity contribution in [2.24, 2.45) is 5.92 Å².